The lowest BCUT2D eigenvalue weighted by Crippen LogP contribution is -2.48. The van der Waals surface area contributed by atoms with Gasteiger partial charge in [0.25, 0.3) is 0 Å². The van der Waals surface area contributed by atoms with Gasteiger partial charge in [-0.1, -0.05) is 29.3 Å². The van der Waals surface area contributed by atoms with E-state index in [1.165, 1.54) is 0 Å². The highest BCUT2D eigenvalue weighted by molar-refractivity contribution is 6.36. The van der Waals surface area contributed by atoms with Crippen molar-refractivity contribution in [3.63, 3.8) is 0 Å². The van der Waals surface area contributed by atoms with Gasteiger partial charge in [0.05, 0.1) is 19.1 Å². The lowest BCUT2D eigenvalue weighted by atomic mass is 9.83. The molecule has 2 rings (SSSR count). The third-order valence-electron chi connectivity index (χ3n) is 4.48. The zero-order valence-corrected chi connectivity index (χ0v) is 16.6. The molecule has 0 radical (unpaired) electrons. The Labute approximate surface area is 163 Å². The second kappa shape index (κ2) is 9.58. The lowest BCUT2D eigenvalue weighted by molar-refractivity contribution is -0.189. The highest BCUT2D eigenvalue weighted by Gasteiger charge is 2.47. The molecule has 1 aromatic rings. The van der Waals surface area contributed by atoms with Crippen LogP contribution in [-0.2, 0) is 30.2 Å². The first-order valence-electron chi connectivity index (χ1n) is 8.85. The number of hydrogen-bond donors (Lipinski definition) is 0. The largest absolute Gasteiger partial charge is 0.463 e. The molecular formula is C19H24Cl2O5. The number of halogens is 2. The number of rotatable bonds is 7. The molecule has 0 spiro atoms. The Balaban J connectivity index is 2.11. The summed E-state index contributed by atoms with van der Waals surface area (Å²) < 4.78 is 16.4. The molecule has 1 saturated carbocycles. The third-order valence-corrected chi connectivity index (χ3v) is 5.19. The van der Waals surface area contributed by atoms with Crippen LogP contribution in [0.2, 0.25) is 10.0 Å². The summed E-state index contributed by atoms with van der Waals surface area (Å²) >= 11 is 12.2. The van der Waals surface area contributed by atoms with Crippen LogP contribution in [0.1, 0.15) is 45.1 Å². The molecule has 0 aromatic heterocycles. The van der Waals surface area contributed by atoms with E-state index in [1.54, 1.807) is 25.1 Å². The molecule has 0 bridgehead atoms. The van der Waals surface area contributed by atoms with Gasteiger partial charge in [0.1, 0.15) is 0 Å². The topological polar surface area (TPSA) is 61.8 Å². The minimum atomic E-state index is -1.27. The average Bonchev–Trinajstić information content (AvgIpc) is 2.60. The summed E-state index contributed by atoms with van der Waals surface area (Å²) in [7, 11) is 0. The van der Waals surface area contributed by atoms with Crippen molar-refractivity contribution < 1.29 is 23.8 Å². The van der Waals surface area contributed by atoms with Crippen molar-refractivity contribution in [2.24, 2.45) is 0 Å². The van der Waals surface area contributed by atoms with Crippen molar-refractivity contribution in [3.05, 3.63) is 33.8 Å². The van der Waals surface area contributed by atoms with Gasteiger partial charge in [-0.05, 0) is 38.8 Å². The van der Waals surface area contributed by atoms with Gasteiger partial charge in [-0.15, -0.1) is 0 Å². The van der Waals surface area contributed by atoms with Crippen molar-refractivity contribution >= 4 is 35.1 Å². The van der Waals surface area contributed by atoms with E-state index in [0.717, 1.165) is 0 Å². The van der Waals surface area contributed by atoms with Crippen LogP contribution in [0.3, 0.4) is 0 Å². The van der Waals surface area contributed by atoms with Crippen LogP contribution >= 0.6 is 23.2 Å². The molecule has 0 amide bonds. The number of benzene rings is 1. The number of hydrogen-bond acceptors (Lipinski definition) is 5. The molecule has 1 aliphatic rings. The second-order valence-corrected chi connectivity index (χ2v) is 7.03. The summed E-state index contributed by atoms with van der Waals surface area (Å²) in [4.78, 5) is 25.0. The Morgan fingerprint density at radius 1 is 1.12 bits per heavy atom. The standard InChI is InChI=1S/C19H24Cl2O5/c1-3-24-13-8-10-19(11-9-13,18(23)25-4-2)26-17(22)12-14-15(20)6-5-7-16(14)21/h5-7,13H,3-4,8-12H2,1-2H3. The van der Waals surface area contributed by atoms with Gasteiger partial charge in [0.15, 0.2) is 0 Å². The van der Waals surface area contributed by atoms with E-state index >= 15 is 0 Å². The van der Waals surface area contributed by atoms with Gasteiger partial charge in [-0.2, -0.15) is 0 Å². The maximum absolute atomic E-state index is 12.5. The summed E-state index contributed by atoms with van der Waals surface area (Å²) in [6.07, 6.45) is 1.98. The molecule has 0 N–H and O–H groups in total. The maximum Gasteiger partial charge on any atom is 0.350 e. The van der Waals surface area contributed by atoms with Crippen LogP contribution < -0.4 is 0 Å². The van der Waals surface area contributed by atoms with Crippen molar-refractivity contribution in [1.29, 1.82) is 0 Å². The number of carbonyl (C=O) groups is 2. The molecular weight excluding hydrogens is 379 g/mol. The first-order valence-corrected chi connectivity index (χ1v) is 9.61. The number of esters is 2. The van der Waals surface area contributed by atoms with Crippen molar-refractivity contribution in [3.8, 4) is 0 Å². The fraction of sp³-hybridized carbons (Fsp3) is 0.579. The summed E-state index contributed by atoms with van der Waals surface area (Å²) in [5, 5.41) is 0.777. The van der Waals surface area contributed by atoms with E-state index in [9.17, 15) is 9.59 Å². The molecule has 0 heterocycles. The molecule has 0 saturated heterocycles. The lowest BCUT2D eigenvalue weighted by Gasteiger charge is -2.37. The van der Waals surface area contributed by atoms with E-state index in [0.29, 0.717) is 47.9 Å². The Hall–Kier alpha value is -1.30. The zero-order chi connectivity index (χ0) is 19.2. The number of ether oxygens (including phenoxy) is 3. The van der Waals surface area contributed by atoms with Crippen molar-refractivity contribution in [2.75, 3.05) is 13.2 Å². The first-order chi connectivity index (χ1) is 12.4. The Kier molecular flexibility index (Phi) is 7.74. The zero-order valence-electron chi connectivity index (χ0n) is 15.1. The molecule has 1 aromatic carbocycles. The van der Waals surface area contributed by atoms with E-state index in [4.69, 9.17) is 37.4 Å². The van der Waals surface area contributed by atoms with Crippen LogP contribution in [0, 0.1) is 0 Å². The predicted octanol–water partition coefficient (Wildman–Crippen LogP) is 4.36. The molecule has 0 atom stereocenters. The van der Waals surface area contributed by atoms with Crippen LogP contribution in [-0.4, -0.2) is 36.9 Å². The van der Waals surface area contributed by atoms with Gasteiger partial charge in [-0.3, -0.25) is 4.79 Å². The second-order valence-electron chi connectivity index (χ2n) is 6.22. The third kappa shape index (κ3) is 5.12. The molecule has 5 nitrogen and oxygen atoms in total. The normalized spacial score (nSPS) is 22.7. The average molecular weight is 403 g/mol. The van der Waals surface area contributed by atoms with Crippen LogP contribution in [0.15, 0.2) is 18.2 Å². The summed E-state index contributed by atoms with van der Waals surface area (Å²) in [5.41, 5.74) is -0.781. The van der Waals surface area contributed by atoms with Crippen molar-refractivity contribution in [1.82, 2.24) is 0 Å². The van der Waals surface area contributed by atoms with E-state index < -0.39 is 17.5 Å². The molecule has 1 aliphatic carbocycles. The predicted molar refractivity (Wildman–Crippen MR) is 99.5 cm³/mol. The van der Waals surface area contributed by atoms with Gasteiger partial charge in [0.2, 0.25) is 5.60 Å². The highest BCUT2D eigenvalue weighted by atomic mass is 35.5. The summed E-state index contributed by atoms with van der Waals surface area (Å²) in [6, 6.07) is 5.02. The Morgan fingerprint density at radius 3 is 2.27 bits per heavy atom. The van der Waals surface area contributed by atoms with Crippen molar-refractivity contribution in [2.45, 2.75) is 57.7 Å². The number of carbonyl (C=O) groups excluding carboxylic acids is 2. The van der Waals surface area contributed by atoms with Crippen LogP contribution in [0.25, 0.3) is 0 Å². The van der Waals surface area contributed by atoms with Gasteiger partial charge in [0, 0.05) is 35.1 Å². The van der Waals surface area contributed by atoms with Crippen LogP contribution in [0.5, 0.6) is 0 Å². The quantitative estimate of drug-likeness (QED) is 0.633. The molecule has 7 heteroatoms. The Bertz CT molecular complexity index is 619. The smallest absolute Gasteiger partial charge is 0.350 e. The minimum absolute atomic E-state index is 0.0688. The molecule has 26 heavy (non-hydrogen) atoms. The fourth-order valence-corrected chi connectivity index (χ4v) is 3.70. The highest BCUT2D eigenvalue weighted by Crippen LogP contribution is 2.35. The monoisotopic (exact) mass is 402 g/mol. The fourth-order valence-electron chi connectivity index (χ4n) is 3.17. The molecule has 144 valence electrons. The van der Waals surface area contributed by atoms with Crippen LogP contribution in [0.4, 0.5) is 0 Å². The van der Waals surface area contributed by atoms with E-state index in [2.05, 4.69) is 0 Å². The van der Waals surface area contributed by atoms with Gasteiger partial charge < -0.3 is 14.2 Å². The van der Waals surface area contributed by atoms with Gasteiger partial charge >= 0.3 is 11.9 Å². The molecule has 0 aliphatic heterocycles. The van der Waals surface area contributed by atoms with E-state index in [-0.39, 0.29) is 19.1 Å². The maximum atomic E-state index is 12.5. The molecule has 0 unspecified atom stereocenters. The SMILES string of the molecule is CCOC(=O)C1(OC(=O)Cc2c(Cl)cccc2Cl)CCC(OCC)CC1. The van der Waals surface area contributed by atoms with E-state index in [1.807, 2.05) is 6.92 Å². The van der Waals surface area contributed by atoms with Gasteiger partial charge in [-0.25, -0.2) is 4.79 Å². The summed E-state index contributed by atoms with van der Waals surface area (Å²) in [6.45, 7) is 4.49. The molecule has 1 fully saturated rings. The summed E-state index contributed by atoms with van der Waals surface area (Å²) in [5.74, 6) is -1.06. The first kappa shape index (κ1) is 21.0. The minimum Gasteiger partial charge on any atom is -0.463 e. The Morgan fingerprint density at radius 2 is 1.73 bits per heavy atom.